The van der Waals surface area contributed by atoms with Gasteiger partial charge < -0.3 is 29.4 Å². The number of carbonyl (C=O) groups is 2. The second kappa shape index (κ2) is 13.3. The summed E-state index contributed by atoms with van der Waals surface area (Å²) in [5, 5.41) is 11.8. The molecule has 0 spiro atoms. The molecule has 2 aromatic heterocycles. The topological polar surface area (TPSA) is 122 Å². The smallest absolute Gasteiger partial charge is 0.317 e. The molecule has 0 bridgehead atoms. The van der Waals surface area contributed by atoms with E-state index < -0.39 is 5.97 Å². The van der Waals surface area contributed by atoms with E-state index in [-0.39, 0.29) is 18.6 Å². The zero-order chi connectivity index (χ0) is 26.9. The summed E-state index contributed by atoms with van der Waals surface area (Å²) in [6, 6.07) is 11.4. The van der Waals surface area contributed by atoms with Crippen LogP contribution in [0.5, 0.6) is 5.75 Å². The number of para-hydroxylation sites is 1. The number of carboxylic acids is 1. The number of hydrogen-bond acceptors (Lipinski definition) is 8. The predicted octanol–water partition coefficient (Wildman–Crippen LogP) is 1.72. The number of nitrogens with zero attached hydrogens (tertiary/aromatic N) is 5. The maximum atomic E-state index is 12.8. The highest BCUT2D eigenvalue weighted by molar-refractivity contribution is 5.94. The third-order valence-electron chi connectivity index (χ3n) is 6.44. The van der Waals surface area contributed by atoms with E-state index >= 15 is 0 Å². The van der Waals surface area contributed by atoms with Gasteiger partial charge in [0.25, 0.3) is 5.91 Å². The van der Waals surface area contributed by atoms with Crippen molar-refractivity contribution in [1.29, 1.82) is 0 Å². The monoisotopic (exact) mass is 524 g/mol. The molecule has 11 nitrogen and oxygen atoms in total. The molecule has 3 heterocycles. The highest BCUT2D eigenvalue weighted by atomic mass is 16.5. The lowest BCUT2D eigenvalue weighted by molar-refractivity contribution is -0.139. The molecule has 0 radical (unpaired) electrons. The van der Waals surface area contributed by atoms with Gasteiger partial charge in [-0.1, -0.05) is 18.2 Å². The van der Waals surface area contributed by atoms with Gasteiger partial charge in [0.05, 0.1) is 32.1 Å². The van der Waals surface area contributed by atoms with Crippen LogP contribution in [-0.4, -0.2) is 107 Å². The lowest BCUT2D eigenvalue weighted by Gasteiger charge is -2.30. The van der Waals surface area contributed by atoms with Crippen LogP contribution in [0.15, 0.2) is 42.7 Å². The van der Waals surface area contributed by atoms with Gasteiger partial charge in [0, 0.05) is 31.7 Å². The molecule has 4 rings (SSSR count). The lowest BCUT2D eigenvalue weighted by atomic mass is 10.1. The molecule has 38 heavy (non-hydrogen) atoms. The van der Waals surface area contributed by atoms with Crippen molar-refractivity contribution in [3.63, 3.8) is 0 Å². The first-order valence-electron chi connectivity index (χ1n) is 12.9. The maximum Gasteiger partial charge on any atom is 0.317 e. The molecule has 1 fully saturated rings. The van der Waals surface area contributed by atoms with Crippen molar-refractivity contribution in [2.75, 3.05) is 60.0 Å². The van der Waals surface area contributed by atoms with Gasteiger partial charge >= 0.3 is 5.97 Å². The maximum absolute atomic E-state index is 12.8. The number of aromatic nitrogens is 3. The first-order chi connectivity index (χ1) is 18.4. The fourth-order valence-corrected chi connectivity index (χ4v) is 4.38. The Morgan fingerprint density at radius 2 is 1.92 bits per heavy atom. The number of piperidine rings is 1. The number of nitrogens with one attached hydrogen (secondary N) is 1. The van der Waals surface area contributed by atoms with Crippen molar-refractivity contribution in [3.8, 4) is 5.75 Å². The van der Waals surface area contributed by atoms with Crippen LogP contribution in [0.25, 0.3) is 11.2 Å². The Morgan fingerprint density at radius 3 is 2.68 bits per heavy atom. The third-order valence-corrected chi connectivity index (χ3v) is 6.44. The molecular formula is C27H36N6O5. The molecule has 0 saturated carbocycles. The van der Waals surface area contributed by atoms with Crippen LogP contribution in [-0.2, 0) is 16.1 Å². The lowest BCUT2D eigenvalue weighted by Crippen LogP contribution is -2.40. The van der Waals surface area contributed by atoms with Crippen LogP contribution in [0.4, 0.5) is 0 Å². The van der Waals surface area contributed by atoms with E-state index in [9.17, 15) is 9.59 Å². The molecule has 1 amide bonds. The molecule has 11 heteroatoms. The van der Waals surface area contributed by atoms with Crippen LogP contribution in [0, 0.1) is 0 Å². The quantitative estimate of drug-likeness (QED) is 0.322. The Kier molecular flexibility index (Phi) is 9.63. The van der Waals surface area contributed by atoms with Gasteiger partial charge in [0.2, 0.25) is 0 Å². The Morgan fingerprint density at radius 1 is 1.13 bits per heavy atom. The second-order valence-electron chi connectivity index (χ2n) is 9.67. The van der Waals surface area contributed by atoms with Gasteiger partial charge in [-0.3, -0.25) is 14.5 Å². The van der Waals surface area contributed by atoms with Crippen molar-refractivity contribution in [2.24, 2.45) is 0 Å². The number of rotatable bonds is 13. The summed E-state index contributed by atoms with van der Waals surface area (Å²) < 4.78 is 13.8. The van der Waals surface area contributed by atoms with E-state index in [4.69, 9.17) is 14.6 Å². The number of hydrogen-bond donors (Lipinski definition) is 2. The molecule has 3 aromatic rings. The molecule has 1 aromatic carbocycles. The van der Waals surface area contributed by atoms with Gasteiger partial charge in [0.1, 0.15) is 23.6 Å². The first kappa shape index (κ1) is 27.5. The minimum Gasteiger partial charge on any atom is -0.492 e. The average molecular weight is 525 g/mol. The van der Waals surface area contributed by atoms with E-state index in [0.717, 1.165) is 30.7 Å². The Labute approximate surface area is 222 Å². The Bertz CT molecular complexity index is 1220. The number of carbonyl (C=O) groups excluding carboxylic acids is 1. The van der Waals surface area contributed by atoms with Crippen molar-refractivity contribution in [1.82, 2.24) is 29.7 Å². The van der Waals surface area contributed by atoms with E-state index in [1.165, 1.54) is 0 Å². The van der Waals surface area contributed by atoms with Crippen molar-refractivity contribution < 1.29 is 24.2 Å². The number of likely N-dealkylation sites (tertiary alicyclic amines) is 1. The highest BCUT2D eigenvalue weighted by Crippen LogP contribution is 2.21. The average Bonchev–Trinajstić information content (AvgIpc) is 3.30. The number of imidazole rings is 1. The number of carboxylic acid groups (broad SMARTS) is 1. The van der Waals surface area contributed by atoms with Crippen molar-refractivity contribution in [2.45, 2.75) is 25.5 Å². The fraction of sp³-hybridized carbons (Fsp3) is 0.481. The van der Waals surface area contributed by atoms with E-state index in [2.05, 4.69) is 20.2 Å². The van der Waals surface area contributed by atoms with Crippen LogP contribution in [0.3, 0.4) is 0 Å². The van der Waals surface area contributed by atoms with Gasteiger partial charge in [-0.15, -0.1) is 0 Å². The summed E-state index contributed by atoms with van der Waals surface area (Å²) in [5.74, 6) is -0.263. The molecule has 2 N–H and O–H groups in total. The SMILES string of the molecule is CN(C)CCOc1ccccc1Cn1cnc2ccc(C(=O)NCCOC3CCN(CC(=O)O)CC3)nc21. The summed E-state index contributed by atoms with van der Waals surface area (Å²) in [5.41, 5.74) is 2.67. The fourth-order valence-electron chi connectivity index (χ4n) is 4.38. The zero-order valence-electron chi connectivity index (χ0n) is 22.0. The summed E-state index contributed by atoms with van der Waals surface area (Å²) in [7, 11) is 4.02. The largest absolute Gasteiger partial charge is 0.492 e. The van der Waals surface area contributed by atoms with Gasteiger partial charge in [-0.05, 0) is 45.1 Å². The van der Waals surface area contributed by atoms with Gasteiger partial charge in [-0.25, -0.2) is 9.97 Å². The minimum absolute atomic E-state index is 0.0656. The Balaban J connectivity index is 1.30. The number of ether oxygens (including phenoxy) is 2. The summed E-state index contributed by atoms with van der Waals surface area (Å²) in [6.07, 6.45) is 3.38. The molecule has 1 aliphatic heterocycles. The normalized spacial score (nSPS) is 14.7. The number of fused-ring (bicyclic) bond motifs is 1. The highest BCUT2D eigenvalue weighted by Gasteiger charge is 2.21. The molecule has 1 aliphatic rings. The van der Waals surface area contributed by atoms with Crippen LogP contribution in [0.2, 0.25) is 0 Å². The first-order valence-corrected chi connectivity index (χ1v) is 12.9. The summed E-state index contributed by atoms with van der Waals surface area (Å²) >= 11 is 0. The molecule has 0 atom stereocenters. The predicted molar refractivity (Wildman–Crippen MR) is 143 cm³/mol. The molecule has 1 saturated heterocycles. The standard InChI is InChI=1S/C27H36N6O5/c1-31(2)14-16-38-24-6-4-3-5-20(24)17-33-19-29-22-7-8-23(30-26(22)33)27(36)28-11-15-37-21-9-12-32(13-10-21)18-25(34)35/h3-8,19,21H,9-18H2,1-2H3,(H,28,36)(H,34,35). The zero-order valence-corrected chi connectivity index (χ0v) is 22.0. The van der Waals surface area contributed by atoms with Crippen LogP contribution < -0.4 is 10.1 Å². The van der Waals surface area contributed by atoms with Gasteiger partial charge in [-0.2, -0.15) is 0 Å². The van der Waals surface area contributed by atoms with E-state index in [1.807, 2.05) is 47.8 Å². The summed E-state index contributed by atoms with van der Waals surface area (Å²) in [6.45, 7) is 4.15. The molecule has 0 unspecified atom stereocenters. The number of aliphatic carboxylic acids is 1. The number of amides is 1. The second-order valence-corrected chi connectivity index (χ2v) is 9.67. The minimum atomic E-state index is -0.809. The Hall–Kier alpha value is -3.54. The van der Waals surface area contributed by atoms with Crippen molar-refractivity contribution >= 4 is 23.0 Å². The van der Waals surface area contributed by atoms with Gasteiger partial charge in [0.15, 0.2) is 5.65 Å². The summed E-state index contributed by atoms with van der Waals surface area (Å²) in [4.78, 5) is 36.6. The van der Waals surface area contributed by atoms with E-state index in [0.29, 0.717) is 56.3 Å². The van der Waals surface area contributed by atoms with Crippen LogP contribution >= 0.6 is 0 Å². The molecule has 0 aliphatic carbocycles. The van der Waals surface area contributed by atoms with Crippen LogP contribution in [0.1, 0.15) is 28.9 Å². The third kappa shape index (κ3) is 7.73. The number of benzene rings is 1. The molecular weight excluding hydrogens is 488 g/mol. The van der Waals surface area contributed by atoms with Crippen molar-refractivity contribution in [3.05, 3.63) is 54.0 Å². The molecule has 204 valence electrons. The van der Waals surface area contributed by atoms with E-state index in [1.54, 1.807) is 18.5 Å². The number of pyridine rings is 1. The number of likely N-dealkylation sites (N-methyl/N-ethyl adjacent to an activating group) is 1.